The molecule has 1 aromatic heterocycles. The third kappa shape index (κ3) is 3.69. The second kappa shape index (κ2) is 6.90. The summed E-state index contributed by atoms with van der Waals surface area (Å²) in [6.45, 7) is 7.74. The van der Waals surface area contributed by atoms with E-state index in [1.165, 1.54) is 49.4 Å². The SMILES string of the molecule is CCCC1CCN(c2cc(CNC)cc(CC)n2)C1. The summed E-state index contributed by atoms with van der Waals surface area (Å²) in [5.41, 5.74) is 2.56. The van der Waals surface area contributed by atoms with E-state index >= 15 is 0 Å². The minimum atomic E-state index is 0.866. The van der Waals surface area contributed by atoms with Gasteiger partial charge in [-0.1, -0.05) is 20.3 Å². The van der Waals surface area contributed by atoms with Gasteiger partial charge in [0.05, 0.1) is 0 Å². The summed E-state index contributed by atoms with van der Waals surface area (Å²) in [6.07, 6.45) is 4.99. The van der Waals surface area contributed by atoms with Gasteiger partial charge in [0.2, 0.25) is 0 Å². The lowest BCUT2D eigenvalue weighted by Gasteiger charge is -2.19. The smallest absolute Gasteiger partial charge is 0.129 e. The number of pyridine rings is 1. The molecule has 3 nitrogen and oxygen atoms in total. The predicted molar refractivity (Wildman–Crippen MR) is 81.6 cm³/mol. The fourth-order valence-electron chi connectivity index (χ4n) is 2.97. The molecular formula is C16H27N3. The van der Waals surface area contributed by atoms with Crippen molar-refractivity contribution in [1.82, 2.24) is 10.3 Å². The first-order chi connectivity index (χ1) is 9.26. The van der Waals surface area contributed by atoms with Crippen molar-refractivity contribution >= 4 is 5.82 Å². The molecule has 19 heavy (non-hydrogen) atoms. The van der Waals surface area contributed by atoms with Crippen LogP contribution in [0.1, 0.15) is 44.4 Å². The molecule has 1 unspecified atom stereocenters. The zero-order valence-electron chi connectivity index (χ0n) is 12.6. The maximum absolute atomic E-state index is 4.81. The lowest BCUT2D eigenvalue weighted by molar-refractivity contribution is 0.529. The zero-order valence-corrected chi connectivity index (χ0v) is 12.6. The van der Waals surface area contributed by atoms with Crippen LogP contribution in [0.25, 0.3) is 0 Å². The summed E-state index contributed by atoms with van der Waals surface area (Å²) in [4.78, 5) is 7.28. The molecule has 0 aliphatic carbocycles. The second-order valence-electron chi connectivity index (χ2n) is 5.60. The van der Waals surface area contributed by atoms with Crippen LogP contribution in [0.15, 0.2) is 12.1 Å². The Bertz CT molecular complexity index is 403. The average Bonchev–Trinajstić information content (AvgIpc) is 2.88. The van der Waals surface area contributed by atoms with Gasteiger partial charge in [0.1, 0.15) is 5.82 Å². The van der Waals surface area contributed by atoms with E-state index in [-0.39, 0.29) is 0 Å². The van der Waals surface area contributed by atoms with E-state index in [0.717, 1.165) is 18.9 Å². The van der Waals surface area contributed by atoms with E-state index in [4.69, 9.17) is 4.98 Å². The molecule has 0 spiro atoms. The first-order valence-electron chi connectivity index (χ1n) is 7.66. The summed E-state index contributed by atoms with van der Waals surface area (Å²) in [6, 6.07) is 4.48. The van der Waals surface area contributed by atoms with E-state index in [1.54, 1.807) is 0 Å². The van der Waals surface area contributed by atoms with Crippen molar-refractivity contribution in [2.75, 3.05) is 25.0 Å². The Morgan fingerprint density at radius 1 is 1.37 bits per heavy atom. The van der Waals surface area contributed by atoms with Crippen LogP contribution in [-0.4, -0.2) is 25.1 Å². The molecule has 106 valence electrons. The summed E-state index contributed by atoms with van der Waals surface area (Å²) in [5, 5.41) is 3.24. The molecular weight excluding hydrogens is 234 g/mol. The van der Waals surface area contributed by atoms with E-state index < -0.39 is 0 Å². The second-order valence-corrected chi connectivity index (χ2v) is 5.60. The molecule has 1 aliphatic rings. The van der Waals surface area contributed by atoms with Crippen molar-refractivity contribution in [2.24, 2.45) is 5.92 Å². The highest BCUT2D eigenvalue weighted by Crippen LogP contribution is 2.26. The van der Waals surface area contributed by atoms with Crippen LogP contribution in [0, 0.1) is 5.92 Å². The maximum atomic E-state index is 4.81. The Morgan fingerprint density at radius 2 is 2.21 bits per heavy atom. The molecule has 1 saturated heterocycles. The van der Waals surface area contributed by atoms with E-state index in [0.29, 0.717) is 0 Å². The average molecular weight is 261 g/mol. The lowest BCUT2D eigenvalue weighted by Crippen LogP contribution is -2.22. The van der Waals surface area contributed by atoms with Gasteiger partial charge in [-0.25, -0.2) is 4.98 Å². The molecule has 0 saturated carbocycles. The van der Waals surface area contributed by atoms with Gasteiger partial charge in [-0.05, 0) is 49.9 Å². The summed E-state index contributed by atoms with van der Waals surface area (Å²) < 4.78 is 0. The topological polar surface area (TPSA) is 28.2 Å². The van der Waals surface area contributed by atoms with Gasteiger partial charge < -0.3 is 10.2 Å². The van der Waals surface area contributed by atoms with Gasteiger partial charge >= 0.3 is 0 Å². The van der Waals surface area contributed by atoms with Gasteiger partial charge in [-0.3, -0.25) is 0 Å². The molecule has 1 N–H and O–H groups in total. The van der Waals surface area contributed by atoms with Crippen molar-refractivity contribution in [3.05, 3.63) is 23.4 Å². The van der Waals surface area contributed by atoms with Gasteiger partial charge in [-0.2, -0.15) is 0 Å². The summed E-state index contributed by atoms with van der Waals surface area (Å²) in [5.74, 6) is 2.05. The van der Waals surface area contributed by atoms with Crippen molar-refractivity contribution in [1.29, 1.82) is 0 Å². The van der Waals surface area contributed by atoms with E-state index in [1.807, 2.05) is 7.05 Å². The molecule has 1 atom stereocenters. The quantitative estimate of drug-likeness (QED) is 0.853. The Kier molecular flexibility index (Phi) is 5.20. The third-order valence-electron chi connectivity index (χ3n) is 3.97. The first-order valence-corrected chi connectivity index (χ1v) is 7.66. The maximum Gasteiger partial charge on any atom is 0.129 e. The van der Waals surface area contributed by atoms with E-state index in [2.05, 4.69) is 36.2 Å². The lowest BCUT2D eigenvalue weighted by atomic mass is 10.0. The van der Waals surface area contributed by atoms with Crippen molar-refractivity contribution in [3.63, 3.8) is 0 Å². The molecule has 0 amide bonds. The van der Waals surface area contributed by atoms with Crippen molar-refractivity contribution in [3.8, 4) is 0 Å². The Labute approximate surface area is 117 Å². The number of hydrogen-bond donors (Lipinski definition) is 1. The summed E-state index contributed by atoms with van der Waals surface area (Å²) >= 11 is 0. The molecule has 3 heteroatoms. The number of nitrogens with one attached hydrogen (secondary N) is 1. The van der Waals surface area contributed by atoms with Crippen LogP contribution in [-0.2, 0) is 13.0 Å². The molecule has 2 rings (SSSR count). The number of nitrogens with zero attached hydrogens (tertiary/aromatic N) is 2. The molecule has 1 fully saturated rings. The predicted octanol–water partition coefficient (Wildman–Crippen LogP) is 2.99. The summed E-state index contributed by atoms with van der Waals surface area (Å²) in [7, 11) is 2.00. The van der Waals surface area contributed by atoms with Crippen molar-refractivity contribution < 1.29 is 0 Å². The molecule has 1 aromatic rings. The molecule has 0 aromatic carbocycles. The van der Waals surface area contributed by atoms with Crippen LogP contribution < -0.4 is 10.2 Å². The van der Waals surface area contributed by atoms with E-state index in [9.17, 15) is 0 Å². The van der Waals surface area contributed by atoms with Crippen molar-refractivity contribution in [2.45, 2.75) is 46.1 Å². The molecule has 2 heterocycles. The number of anilines is 1. The van der Waals surface area contributed by atoms with Gasteiger partial charge in [0.15, 0.2) is 0 Å². The number of aromatic nitrogens is 1. The Balaban J connectivity index is 2.12. The zero-order chi connectivity index (χ0) is 13.7. The Hall–Kier alpha value is -1.09. The van der Waals surface area contributed by atoms with Crippen LogP contribution in [0.3, 0.4) is 0 Å². The highest BCUT2D eigenvalue weighted by molar-refractivity contribution is 5.44. The fraction of sp³-hybridized carbons (Fsp3) is 0.688. The minimum Gasteiger partial charge on any atom is -0.356 e. The first kappa shape index (κ1) is 14.3. The number of hydrogen-bond acceptors (Lipinski definition) is 3. The normalized spacial score (nSPS) is 19.1. The van der Waals surface area contributed by atoms with Gasteiger partial charge in [0, 0.05) is 25.3 Å². The largest absolute Gasteiger partial charge is 0.356 e. The minimum absolute atomic E-state index is 0.866. The third-order valence-corrected chi connectivity index (χ3v) is 3.97. The van der Waals surface area contributed by atoms with Crippen LogP contribution in [0.2, 0.25) is 0 Å². The molecule has 1 aliphatic heterocycles. The number of aryl methyl sites for hydroxylation is 1. The monoisotopic (exact) mass is 261 g/mol. The highest BCUT2D eigenvalue weighted by atomic mass is 15.2. The van der Waals surface area contributed by atoms with Crippen LogP contribution >= 0.6 is 0 Å². The highest BCUT2D eigenvalue weighted by Gasteiger charge is 2.23. The molecule has 0 bridgehead atoms. The Morgan fingerprint density at radius 3 is 2.89 bits per heavy atom. The van der Waals surface area contributed by atoms with Gasteiger partial charge in [0.25, 0.3) is 0 Å². The van der Waals surface area contributed by atoms with Crippen LogP contribution in [0.5, 0.6) is 0 Å². The molecule has 0 radical (unpaired) electrons. The van der Waals surface area contributed by atoms with Gasteiger partial charge in [-0.15, -0.1) is 0 Å². The fourth-order valence-corrected chi connectivity index (χ4v) is 2.97. The standard InChI is InChI=1S/C16H27N3/c1-4-6-13-7-8-19(12-13)16-10-14(11-17-3)9-15(5-2)18-16/h9-10,13,17H,4-8,11-12H2,1-3H3. The van der Waals surface area contributed by atoms with Crippen LogP contribution in [0.4, 0.5) is 5.82 Å². The number of rotatable bonds is 6.